The van der Waals surface area contributed by atoms with Gasteiger partial charge in [-0.15, -0.1) is 0 Å². The Kier molecular flexibility index (Phi) is 2.20. The van der Waals surface area contributed by atoms with Gasteiger partial charge in [-0.05, 0) is 11.5 Å². The Hall–Kier alpha value is -2.95. The first-order chi connectivity index (χ1) is 9.83. The minimum absolute atomic E-state index is 0.250. The Morgan fingerprint density at radius 1 is 0.900 bits per heavy atom. The number of fused-ring (bicyclic) bond motifs is 2. The number of nitrogen functional groups attached to an aromatic ring is 1. The number of aromatic nitrogens is 4. The van der Waals surface area contributed by atoms with Crippen LogP contribution in [0, 0.1) is 0 Å². The van der Waals surface area contributed by atoms with E-state index in [-0.39, 0.29) is 5.95 Å². The lowest BCUT2D eigenvalue weighted by Gasteiger charge is -2.07. The van der Waals surface area contributed by atoms with Crippen LogP contribution in [0.5, 0.6) is 0 Å². The SMILES string of the molecule is Nc1ncc2cnn(-c3cccc4ccccc34)c2n1. The molecule has 20 heavy (non-hydrogen) atoms. The summed E-state index contributed by atoms with van der Waals surface area (Å²) in [7, 11) is 0. The first-order valence-electron chi connectivity index (χ1n) is 6.27. The van der Waals surface area contributed by atoms with Crippen molar-refractivity contribution in [2.24, 2.45) is 0 Å². The van der Waals surface area contributed by atoms with E-state index in [2.05, 4.69) is 33.3 Å². The summed E-state index contributed by atoms with van der Waals surface area (Å²) in [5.74, 6) is 0.250. The molecule has 4 aromatic rings. The van der Waals surface area contributed by atoms with Gasteiger partial charge in [0.1, 0.15) is 0 Å². The highest BCUT2D eigenvalue weighted by Crippen LogP contribution is 2.24. The second-order valence-electron chi connectivity index (χ2n) is 4.56. The molecule has 0 atom stereocenters. The number of benzene rings is 2. The van der Waals surface area contributed by atoms with Crippen LogP contribution in [-0.2, 0) is 0 Å². The van der Waals surface area contributed by atoms with E-state index in [4.69, 9.17) is 5.73 Å². The zero-order chi connectivity index (χ0) is 13.5. The van der Waals surface area contributed by atoms with Crippen LogP contribution in [0.15, 0.2) is 54.9 Å². The maximum atomic E-state index is 5.68. The van der Waals surface area contributed by atoms with Gasteiger partial charge in [0.15, 0.2) is 5.65 Å². The quantitative estimate of drug-likeness (QED) is 0.571. The molecule has 4 rings (SSSR count). The molecule has 5 nitrogen and oxygen atoms in total. The molecule has 0 amide bonds. The Balaban J connectivity index is 2.09. The van der Waals surface area contributed by atoms with Crippen LogP contribution in [0.1, 0.15) is 0 Å². The summed E-state index contributed by atoms with van der Waals surface area (Å²) < 4.78 is 1.80. The van der Waals surface area contributed by atoms with Crippen LogP contribution < -0.4 is 5.73 Å². The summed E-state index contributed by atoms with van der Waals surface area (Å²) >= 11 is 0. The Morgan fingerprint density at radius 2 is 1.75 bits per heavy atom. The number of nitrogens with zero attached hydrogens (tertiary/aromatic N) is 4. The van der Waals surface area contributed by atoms with Gasteiger partial charge in [-0.2, -0.15) is 10.1 Å². The van der Waals surface area contributed by atoms with Gasteiger partial charge in [0, 0.05) is 11.6 Å². The summed E-state index contributed by atoms with van der Waals surface area (Å²) in [5, 5.41) is 7.57. The fourth-order valence-electron chi connectivity index (χ4n) is 2.40. The zero-order valence-corrected chi connectivity index (χ0v) is 10.6. The first-order valence-corrected chi connectivity index (χ1v) is 6.27. The van der Waals surface area contributed by atoms with Gasteiger partial charge in [-0.25, -0.2) is 9.67 Å². The van der Waals surface area contributed by atoms with E-state index in [1.807, 2.05) is 24.3 Å². The summed E-state index contributed by atoms with van der Waals surface area (Å²) in [5.41, 5.74) is 7.38. The molecule has 0 radical (unpaired) electrons. The standard InChI is InChI=1S/C15H11N5/c16-15-17-8-11-9-18-20(14(11)19-15)13-7-3-5-10-4-1-2-6-12(10)13/h1-9H,(H2,16,17,19). The molecule has 5 heteroatoms. The van der Waals surface area contributed by atoms with Gasteiger partial charge in [0.25, 0.3) is 0 Å². The van der Waals surface area contributed by atoms with E-state index in [0.717, 1.165) is 21.8 Å². The molecular weight excluding hydrogens is 250 g/mol. The molecule has 0 saturated carbocycles. The van der Waals surface area contributed by atoms with E-state index < -0.39 is 0 Å². The third-order valence-corrected chi connectivity index (χ3v) is 3.32. The third kappa shape index (κ3) is 1.53. The summed E-state index contributed by atoms with van der Waals surface area (Å²) in [6.45, 7) is 0. The Labute approximate surface area is 114 Å². The summed E-state index contributed by atoms with van der Waals surface area (Å²) in [6, 6.07) is 14.3. The van der Waals surface area contributed by atoms with Gasteiger partial charge < -0.3 is 5.73 Å². The highest BCUT2D eigenvalue weighted by molar-refractivity contribution is 5.91. The summed E-state index contributed by atoms with van der Waals surface area (Å²) in [4.78, 5) is 8.28. The molecule has 0 aliphatic rings. The van der Waals surface area contributed by atoms with E-state index in [1.54, 1.807) is 17.1 Å². The Morgan fingerprint density at radius 3 is 2.70 bits per heavy atom. The minimum Gasteiger partial charge on any atom is -0.368 e. The van der Waals surface area contributed by atoms with Crippen LogP contribution in [0.2, 0.25) is 0 Å². The molecule has 2 aromatic carbocycles. The second kappa shape index (κ2) is 4.03. The van der Waals surface area contributed by atoms with Crippen LogP contribution in [0.4, 0.5) is 5.95 Å². The highest BCUT2D eigenvalue weighted by Gasteiger charge is 2.09. The van der Waals surface area contributed by atoms with E-state index in [9.17, 15) is 0 Å². The lowest BCUT2D eigenvalue weighted by Crippen LogP contribution is -2.01. The van der Waals surface area contributed by atoms with Crippen molar-refractivity contribution in [2.45, 2.75) is 0 Å². The average molecular weight is 261 g/mol. The molecule has 0 bridgehead atoms. The first kappa shape index (κ1) is 10.9. The number of nitrogens with two attached hydrogens (primary N) is 1. The van der Waals surface area contributed by atoms with Crippen molar-refractivity contribution in [2.75, 3.05) is 5.73 Å². The van der Waals surface area contributed by atoms with Gasteiger partial charge in [0.05, 0.1) is 17.3 Å². The van der Waals surface area contributed by atoms with E-state index >= 15 is 0 Å². The zero-order valence-electron chi connectivity index (χ0n) is 10.6. The Bertz CT molecular complexity index is 921. The maximum Gasteiger partial charge on any atom is 0.222 e. The van der Waals surface area contributed by atoms with Crippen molar-refractivity contribution in [1.82, 2.24) is 19.7 Å². The van der Waals surface area contributed by atoms with Crippen molar-refractivity contribution >= 4 is 27.8 Å². The number of anilines is 1. The number of hydrogen-bond acceptors (Lipinski definition) is 4. The summed E-state index contributed by atoms with van der Waals surface area (Å²) in [6.07, 6.45) is 3.43. The fourth-order valence-corrected chi connectivity index (χ4v) is 2.40. The topological polar surface area (TPSA) is 69.6 Å². The van der Waals surface area contributed by atoms with Crippen molar-refractivity contribution in [3.8, 4) is 5.69 Å². The fraction of sp³-hybridized carbons (Fsp3) is 0. The molecular formula is C15H11N5. The van der Waals surface area contributed by atoms with Gasteiger partial charge in [0.2, 0.25) is 5.95 Å². The molecule has 96 valence electrons. The molecule has 0 saturated heterocycles. The van der Waals surface area contributed by atoms with Crippen LogP contribution >= 0.6 is 0 Å². The molecule has 2 aromatic heterocycles. The van der Waals surface area contributed by atoms with Crippen molar-refractivity contribution < 1.29 is 0 Å². The van der Waals surface area contributed by atoms with Crippen LogP contribution in [0.25, 0.3) is 27.5 Å². The van der Waals surface area contributed by atoms with Crippen molar-refractivity contribution in [3.63, 3.8) is 0 Å². The largest absolute Gasteiger partial charge is 0.368 e. The predicted octanol–water partition coefficient (Wildman–Crippen LogP) is 2.55. The van der Waals surface area contributed by atoms with Gasteiger partial charge >= 0.3 is 0 Å². The molecule has 0 unspecified atom stereocenters. The lowest BCUT2D eigenvalue weighted by atomic mass is 10.1. The second-order valence-corrected chi connectivity index (χ2v) is 4.56. The molecule has 2 heterocycles. The van der Waals surface area contributed by atoms with Gasteiger partial charge in [-0.1, -0.05) is 36.4 Å². The number of hydrogen-bond donors (Lipinski definition) is 1. The average Bonchev–Trinajstić information content (AvgIpc) is 2.89. The number of rotatable bonds is 1. The van der Waals surface area contributed by atoms with Crippen molar-refractivity contribution in [3.05, 3.63) is 54.9 Å². The van der Waals surface area contributed by atoms with Crippen molar-refractivity contribution in [1.29, 1.82) is 0 Å². The maximum absolute atomic E-state index is 5.68. The van der Waals surface area contributed by atoms with E-state index in [1.165, 1.54) is 0 Å². The molecule has 0 aliphatic heterocycles. The monoisotopic (exact) mass is 261 g/mol. The normalized spacial score (nSPS) is 11.2. The van der Waals surface area contributed by atoms with Crippen LogP contribution in [0.3, 0.4) is 0 Å². The third-order valence-electron chi connectivity index (χ3n) is 3.32. The predicted molar refractivity (Wildman–Crippen MR) is 78.6 cm³/mol. The van der Waals surface area contributed by atoms with E-state index in [0.29, 0.717) is 5.65 Å². The van der Waals surface area contributed by atoms with Gasteiger partial charge in [-0.3, -0.25) is 0 Å². The smallest absolute Gasteiger partial charge is 0.222 e. The van der Waals surface area contributed by atoms with Crippen LogP contribution in [-0.4, -0.2) is 19.7 Å². The molecule has 2 N–H and O–H groups in total. The lowest BCUT2D eigenvalue weighted by molar-refractivity contribution is 0.903. The minimum atomic E-state index is 0.250. The molecule has 0 fully saturated rings. The highest BCUT2D eigenvalue weighted by atomic mass is 15.3. The molecule has 0 aliphatic carbocycles. The molecule has 0 spiro atoms.